The molecule has 0 spiro atoms. The van der Waals surface area contributed by atoms with E-state index in [4.69, 9.17) is 16.7 Å². The SMILES string of the molecule is CC(CN(C)C(=O)NC(c1cccc(Cl)c1)C1CCCC1)C(=O)O. The first kappa shape index (κ1) is 18.6. The lowest BCUT2D eigenvalue weighted by Gasteiger charge is -2.28. The molecule has 1 aromatic rings. The zero-order chi connectivity index (χ0) is 17.7. The molecule has 132 valence electrons. The summed E-state index contributed by atoms with van der Waals surface area (Å²) in [6, 6.07) is 7.24. The number of benzene rings is 1. The van der Waals surface area contributed by atoms with Crippen LogP contribution >= 0.6 is 11.6 Å². The number of nitrogens with one attached hydrogen (secondary N) is 1. The largest absolute Gasteiger partial charge is 0.481 e. The van der Waals surface area contributed by atoms with Crippen LogP contribution in [0.4, 0.5) is 4.79 Å². The molecule has 1 aromatic carbocycles. The second-order valence-electron chi connectivity index (χ2n) is 6.65. The van der Waals surface area contributed by atoms with Gasteiger partial charge in [0.2, 0.25) is 0 Å². The number of carbonyl (C=O) groups excluding carboxylic acids is 1. The number of hydrogen-bond donors (Lipinski definition) is 2. The fourth-order valence-corrected chi connectivity index (χ4v) is 3.48. The van der Waals surface area contributed by atoms with Gasteiger partial charge in [-0.2, -0.15) is 0 Å². The van der Waals surface area contributed by atoms with E-state index in [1.807, 2.05) is 24.3 Å². The van der Waals surface area contributed by atoms with Crippen molar-refractivity contribution in [3.8, 4) is 0 Å². The summed E-state index contributed by atoms with van der Waals surface area (Å²) >= 11 is 6.11. The lowest BCUT2D eigenvalue weighted by Crippen LogP contribution is -2.43. The van der Waals surface area contributed by atoms with Crippen molar-refractivity contribution in [1.29, 1.82) is 0 Å². The van der Waals surface area contributed by atoms with Crippen molar-refractivity contribution in [2.75, 3.05) is 13.6 Å². The van der Waals surface area contributed by atoms with Gasteiger partial charge in [-0.3, -0.25) is 4.79 Å². The number of carboxylic acid groups (broad SMARTS) is 1. The van der Waals surface area contributed by atoms with E-state index in [1.54, 1.807) is 14.0 Å². The Morgan fingerprint density at radius 1 is 1.38 bits per heavy atom. The lowest BCUT2D eigenvalue weighted by atomic mass is 9.91. The Balaban J connectivity index is 2.10. The minimum Gasteiger partial charge on any atom is -0.481 e. The highest BCUT2D eigenvalue weighted by atomic mass is 35.5. The molecule has 1 aliphatic rings. The van der Waals surface area contributed by atoms with Gasteiger partial charge in [-0.1, -0.05) is 43.5 Å². The van der Waals surface area contributed by atoms with E-state index in [1.165, 1.54) is 17.7 Å². The summed E-state index contributed by atoms with van der Waals surface area (Å²) in [5.41, 5.74) is 1.00. The first-order valence-corrected chi connectivity index (χ1v) is 8.76. The standard InChI is InChI=1S/C18H25ClN2O3/c1-12(17(22)23)11-21(2)18(24)20-16(13-6-3-4-7-13)14-8-5-9-15(19)10-14/h5,8-10,12-13,16H,3-4,6-7,11H2,1-2H3,(H,20,24)(H,22,23). The molecule has 0 aliphatic heterocycles. The third-order valence-electron chi connectivity index (χ3n) is 4.67. The lowest BCUT2D eigenvalue weighted by molar-refractivity contribution is -0.141. The van der Waals surface area contributed by atoms with Gasteiger partial charge >= 0.3 is 12.0 Å². The second kappa shape index (κ2) is 8.38. The minimum atomic E-state index is -0.906. The number of aliphatic carboxylic acids is 1. The summed E-state index contributed by atoms with van der Waals surface area (Å²) in [6.45, 7) is 1.77. The van der Waals surface area contributed by atoms with Crippen LogP contribution < -0.4 is 5.32 Å². The highest BCUT2D eigenvalue weighted by Gasteiger charge is 2.29. The van der Waals surface area contributed by atoms with Gasteiger partial charge in [-0.05, 0) is 36.5 Å². The Morgan fingerprint density at radius 3 is 2.62 bits per heavy atom. The van der Waals surface area contributed by atoms with Gasteiger partial charge in [0.1, 0.15) is 0 Å². The van der Waals surface area contributed by atoms with Crippen LogP contribution in [0.2, 0.25) is 5.02 Å². The van der Waals surface area contributed by atoms with Crippen LogP contribution in [-0.2, 0) is 4.79 Å². The molecule has 24 heavy (non-hydrogen) atoms. The van der Waals surface area contributed by atoms with Crippen molar-refractivity contribution >= 4 is 23.6 Å². The molecule has 2 unspecified atom stereocenters. The molecular weight excluding hydrogens is 328 g/mol. The Kier molecular flexibility index (Phi) is 6.49. The number of nitrogens with zero attached hydrogens (tertiary/aromatic N) is 1. The molecule has 6 heteroatoms. The van der Waals surface area contributed by atoms with Gasteiger partial charge in [0.15, 0.2) is 0 Å². The van der Waals surface area contributed by atoms with Crippen molar-refractivity contribution in [2.45, 2.75) is 38.6 Å². The first-order valence-electron chi connectivity index (χ1n) is 8.38. The van der Waals surface area contributed by atoms with E-state index in [-0.39, 0.29) is 18.6 Å². The van der Waals surface area contributed by atoms with Crippen LogP contribution in [0.15, 0.2) is 24.3 Å². The van der Waals surface area contributed by atoms with Gasteiger partial charge in [-0.15, -0.1) is 0 Å². The average Bonchev–Trinajstić information content (AvgIpc) is 3.06. The number of carboxylic acids is 1. The topological polar surface area (TPSA) is 69.6 Å². The highest BCUT2D eigenvalue weighted by Crippen LogP contribution is 2.36. The monoisotopic (exact) mass is 352 g/mol. The summed E-state index contributed by atoms with van der Waals surface area (Å²) in [7, 11) is 1.62. The molecule has 0 bridgehead atoms. The molecule has 2 rings (SSSR count). The van der Waals surface area contributed by atoms with Crippen LogP contribution in [0, 0.1) is 11.8 Å². The minimum absolute atomic E-state index is 0.0960. The number of urea groups is 1. The third-order valence-corrected chi connectivity index (χ3v) is 4.91. The van der Waals surface area contributed by atoms with Gasteiger partial charge < -0.3 is 15.3 Å². The smallest absolute Gasteiger partial charge is 0.317 e. The molecule has 0 heterocycles. The van der Waals surface area contributed by atoms with Gasteiger partial charge in [0.05, 0.1) is 12.0 Å². The maximum Gasteiger partial charge on any atom is 0.317 e. The van der Waals surface area contributed by atoms with Crippen molar-refractivity contribution < 1.29 is 14.7 Å². The maximum absolute atomic E-state index is 12.5. The zero-order valence-corrected chi connectivity index (χ0v) is 14.9. The molecular formula is C18H25ClN2O3. The summed E-state index contributed by atoms with van der Waals surface area (Å²) in [5.74, 6) is -1.12. The second-order valence-corrected chi connectivity index (χ2v) is 7.08. The summed E-state index contributed by atoms with van der Waals surface area (Å²) in [5, 5.41) is 12.7. The van der Waals surface area contributed by atoms with Crippen LogP contribution in [0.5, 0.6) is 0 Å². The molecule has 1 fully saturated rings. The summed E-state index contributed by atoms with van der Waals surface area (Å²) in [4.78, 5) is 24.9. The van der Waals surface area contributed by atoms with Crippen LogP contribution in [0.1, 0.15) is 44.2 Å². The van der Waals surface area contributed by atoms with E-state index in [2.05, 4.69) is 5.32 Å². The van der Waals surface area contributed by atoms with Crippen molar-refractivity contribution in [3.05, 3.63) is 34.9 Å². The predicted octanol–water partition coefficient (Wildman–Crippen LogP) is 3.93. The number of amides is 2. The number of hydrogen-bond acceptors (Lipinski definition) is 2. The van der Waals surface area contributed by atoms with E-state index >= 15 is 0 Å². The third kappa shape index (κ3) is 4.87. The van der Waals surface area contributed by atoms with Gasteiger partial charge in [0.25, 0.3) is 0 Å². The van der Waals surface area contributed by atoms with Crippen LogP contribution in [-0.4, -0.2) is 35.6 Å². The molecule has 2 amide bonds. The summed E-state index contributed by atoms with van der Waals surface area (Å²) in [6.07, 6.45) is 4.49. The zero-order valence-electron chi connectivity index (χ0n) is 14.2. The predicted molar refractivity (Wildman–Crippen MR) is 94.1 cm³/mol. The molecule has 1 saturated carbocycles. The Labute approximate surface area is 148 Å². The van der Waals surface area contributed by atoms with Crippen molar-refractivity contribution in [2.24, 2.45) is 11.8 Å². The molecule has 0 saturated heterocycles. The molecule has 5 nitrogen and oxygen atoms in total. The molecule has 2 N–H and O–H groups in total. The quantitative estimate of drug-likeness (QED) is 0.814. The van der Waals surface area contributed by atoms with Crippen molar-refractivity contribution in [3.63, 3.8) is 0 Å². The van der Waals surface area contributed by atoms with E-state index in [9.17, 15) is 9.59 Å². The average molecular weight is 353 g/mol. The van der Waals surface area contributed by atoms with Gasteiger partial charge in [-0.25, -0.2) is 4.79 Å². The fourth-order valence-electron chi connectivity index (χ4n) is 3.28. The Hall–Kier alpha value is -1.75. The van der Waals surface area contributed by atoms with Crippen LogP contribution in [0.3, 0.4) is 0 Å². The molecule has 2 atom stereocenters. The Morgan fingerprint density at radius 2 is 2.04 bits per heavy atom. The fraction of sp³-hybridized carbons (Fsp3) is 0.556. The van der Waals surface area contributed by atoms with Gasteiger partial charge in [0, 0.05) is 18.6 Å². The number of carbonyl (C=O) groups is 2. The number of rotatable bonds is 6. The van der Waals surface area contributed by atoms with E-state index < -0.39 is 11.9 Å². The molecule has 1 aliphatic carbocycles. The highest BCUT2D eigenvalue weighted by molar-refractivity contribution is 6.30. The summed E-state index contributed by atoms with van der Waals surface area (Å²) < 4.78 is 0. The molecule has 0 aromatic heterocycles. The van der Waals surface area contributed by atoms with Crippen molar-refractivity contribution in [1.82, 2.24) is 10.2 Å². The van der Waals surface area contributed by atoms with Crippen LogP contribution in [0.25, 0.3) is 0 Å². The Bertz CT molecular complexity index is 587. The maximum atomic E-state index is 12.5. The number of halogens is 1. The molecule has 0 radical (unpaired) electrons. The normalized spacial score (nSPS) is 17.3. The van der Waals surface area contributed by atoms with E-state index in [0.717, 1.165) is 18.4 Å². The first-order chi connectivity index (χ1) is 11.4. The van der Waals surface area contributed by atoms with E-state index in [0.29, 0.717) is 10.9 Å².